The number of hydrogen-bond donors (Lipinski definition) is 1. The van der Waals surface area contributed by atoms with Gasteiger partial charge in [0.05, 0.1) is 52.9 Å². The van der Waals surface area contributed by atoms with E-state index in [4.69, 9.17) is 24.1 Å². The molecule has 0 radical (unpaired) electrons. The quantitative estimate of drug-likeness (QED) is 0.394. The van der Waals surface area contributed by atoms with E-state index < -0.39 is 0 Å². The van der Waals surface area contributed by atoms with Crippen molar-refractivity contribution in [2.24, 2.45) is 5.92 Å². The minimum atomic E-state index is 0.0563. The smallest absolute Gasteiger partial charge is 0.0701 e. The normalized spacial score (nSPS) is 12.7. The highest BCUT2D eigenvalue weighted by molar-refractivity contribution is 4.53. The van der Waals surface area contributed by atoms with Crippen molar-refractivity contribution in [3.05, 3.63) is 0 Å². The van der Waals surface area contributed by atoms with Crippen LogP contribution in [0.5, 0.6) is 0 Å². The molecule has 0 fully saturated rings. The second-order valence-electron chi connectivity index (χ2n) is 5.56. The van der Waals surface area contributed by atoms with Gasteiger partial charge in [-0.25, -0.2) is 0 Å². The van der Waals surface area contributed by atoms with Gasteiger partial charge in [0.15, 0.2) is 0 Å². The molecule has 0 aliphatic heterocycles. The second-order valence-corrected chi connectivity index (χ2v) is 5.56. The van der Waals surface area contributed by atoms with Crippen molar-refractivity contribution < 1.29 is 24.1 Å². The van der Waals surface area contributed by atoms with Gasteiger partial charge in [0.1, 0.15) is 0 Å². The highest BCUT2D eigenvalue weighted by Crippen LogP contribution is 2.13. The van der Waals surface area contributed by atoms with E-state index in [1.54, 1.807) is 0 Å². The van der Waals surface area contributed by atoms with Crippen molar-refractivity contribution in [1.82, 2.24) is 0 Å². The van der Waals surface area contributed by atoms with Crippen LogP contribution in [0.4, 0.5) is 0 Å². The number of rotatable bonds is 18. The van der Waals surface area contributed by atoms with Gasteiger partial charge in [0.25, 0.3) is 0 Å². The van der Waals surface area contributed by atoms with E-state index in [2.05, 4.69) is 13.8 Å². The highest BCUT2D eigenvalue weighted by atomic mass is 16.6. The fourth-order valence-corrected chi connectivity index (χ4v) is 2.06. The minimum Gasteiger partial charge on any atom is -0.394 e. The maximum absolute atomic E-state index is 8.51. The Bertz CT molecular complexity index is 201. The molecule has 1 unspecified atom stereocenters. The molecule has 0 aliphatic rings. The summed E-state index contributed by atoms with van der Waals surface area (Å²) in [6.07, 6.45) is 6.36. The maximum atomic E-state index is 8.51. The molecule has 0 aliphatic carbocycles. The first-order valence-corrected chi connectivity index (χ1v) is 8.73. The molecule has 5 heteroatoms. The second kappa shape index (κ2) is 18.8. The molecule has 0 saturated carbocycles. The van der Waals surface area contributed by atoms with Crippen LogP contribution < -0.4 is 0 Å². The third kappa shape index (κ3) is 17.9. The number of aliphatic hydroxyl groups is 1. The Morgan fingerprint density at radius 1 is 0.682 bits per heavy atom. The van der Waals surface area contributed by atoms with Crippen LogP contribution in [-0.4, -0.2) is 64.6 Å². The zero-order valence-corrected chi connectivity index (χ0v) is 14.6. The average Bonchev–Trinajstić information content (AvgIpc) is 2.53. The first-order valence-electron chi connectivity index (χ1n) is 8.73. The van der Waals surface area contributed by atoms with Crippen molar-refractivity contribution in [1.29, 1.82) is 0 Å². The molecule has 0 saturated heterocycles. The molecule has 0 bridgehead atoms. The molecule has 0 aromatic rings. The first kappa shape index (κ1) is 21.8. The molecule has 0 heterocycles. The van der Waals surface area contributed by atoms with Crippen molar-refractivity contribution in [3.8, 4) is 0 Å². The molecule has 134 valence electrons. The van der Waals surface area contributed by atoms with Crippen LogP contribution in [0, 0.1) is 5.92 Å². The van der Waals surface area contributed by atoms with E-state index in [0.29, 0.717) is 46.2 Å². The lowest BCUT2D eigenvalue weighted by Crippen LogP contribution is -2.12. The molecule has 0 rings (SSSR count). The molecule has 1 atom stereocenters. The molecule has 1 N–H and O–H groups in total. The van der Waals surface area contributed by atoms with Gasteiger partial charge < -0.3 is 24.1 Å². The van der Waals surface area contributed by atoms with Crippen LogP contribution in [-0.2, 0) is 18.9 Å². The molecular formula is C17H36O5. The van der Waals surface area contributed by atoms with E-state index in [-0.39, 0.29) is 6.61 Å². The third-order valence-electron chi connectivity index (χ3n) is 3.39. The summed E-state index contributed by atoms with van der Waals surface area (Å²) >= 11 is 0. The van der Waals surface area contributed by atoms with Crippen LogP contribution in [0.15, 0.2) is 0 Å². The lowest BCUT2D eigenvalue weighted by Gasteiger charge is -2.10. The summed E-state index contributed by atoms with van der Waals surface area (Å²) in [5.41, 5.74) is 0. The fourth-order valence-electron chi connectivity index (χ4n) is 2.06. The average molecular weight is 320 g/mol. The lowest BCUT2D eigenvalue weighted by molar-refractivity contribution is -0.00593. The highest BCUT2D eigenvalue weighted by Gasteiger charge is 2.01. The number of aliphatic hydroxyl groups excluding tert-OH is 1. The summed E-state index contributed by atoms with van der Waals surface area (Å²) in [7, 11) is 0. The number of hydrogen-bond acceptors (Lipinski definition) is 5. The zero-order valence-electron chi connectivity index (χ0n) is 14.6. The van der Waals surface area contributed by atoms with Crippen LogP contribution >= 0.6 is 0 Å². The van der Waals surface area contributed by atoms with Crippen molar-refractivity contribution in [3.63, 3.8) is 0 Å². The van der Waals surface area contributed by atoms with Crippen LogP contribution in [0.25, 0.3) is 0 Å². The molecule has 22 heavy (non-hydrogen) atoms. The van der Waals surface area contributed by atoms with Crippen LogP contribution in [0.2, 0.25) is 0 Å². The minimum absolute atomic E-state index is 0.0563. The van der Waals surface area contributed by atoms with Crippen molar-refractivity contribution >= 4 is 0 Å². The molecule has 0 amide bonds. The number of ether oxygens (including phenoxy) is 4. The Balaban J connectivity index is 3.02. The largest absolute Gasteiger partial charge is 0.394 e. The molecular weight excluding hydrogens is 284 g/mol. The summed E-state index contributed by atoms with van der Waals surface area (Å²) in [5, 5.41) is 8.51. The van der Waals surface area contributed by atoms with Gasteiger partial charge in [0.2, 0.25) is 0 Å². The third-order valence-corrected chi connectivity index (χ3v) is 3.39. The summed E-state index contributed by atoms with van der Waals surface area (Å²) in [6.45, 7) is 9.30. The van der Waals surface area contributed by atoms with Gasteiger partial charge in [-0.05, 0) is 18.8 Å². The summed E-state index contributed by atoms with van der Waals surface area (Å²) in [5.74, 6) is 0.818. The Morgan fingerprint density at radius 2 is 1.14 bits per heavy atom. The zero-order chi connectivity index (χ0) is 16.3. The van der Waals surface area contributed by atoms with Crippen LogP contribution in [0.1, 0.15) is 46.0 Å². The Hall–Kier alpha value is -0.200. The van der Waals surface area contributed by atoms with Crippen molar-refractivity contribution in [2.45, 2.75) is 46.0 Å². The number of unbranched alkanes of at least 4 members (excludes halogenated alkanes) is 1. The van der Waals surface area contributed by atoms with E-state index in [9.17, 15) is 0 Å². The summed E-state index contributed by atoms with van der Waals surface area (Å²) < 4.78 is 21.3. The fraction of sp³-hybridized carbons (Fsp3) is 1.00. The van der Waals surface area contributed by atoms with Gasteiger partial charge in [0, 0.05) is 6.61 Å². The van der Waals surface area contributed by atoms with Gasteiger partial charge >= 0.3 is 0 Å². The topological polar surface area (TPSA) is 57.2 Å². The molecule has 0 aromatic carbocycles. The van der Waals surface area contributed by atoms with E-state index >= 15 is 0 Å². The van der Waals surface area contributed by atoms with Gasteiger partial charge in [-0.15, -0.1) is 0 Å². The summed E-state index contributed by atoms with van der Waals surface area (Å²) in [6, 6.07) is 0. The lowest BCUT2D eigenvalue weighted by atomic mass is 9.99. The maximum Gasteiger partial charge on any atom is 0.0701 e. The standard InChI is InChI=1S/C17H36O5/c1-3-4-6-17(2)7-5-9-19-11-13-21-15-16-22-14-12-20-10-8-18/h17-18H,3-16H2,1-2H3. The molecule has 0 aromatic heterocycles. The van der Waals surface area contributed by atoms with Gasteiger partial charge in [-0.2, -0.15) is 0 Å². The van der Waals surface area contributed by atoms with Gasteiger partial charge in [-0.3, -0.25) is 0 Å². The Kier molecular flexibility index (Phi) is 18.7. The Morgan fingerprint density at radius 3 is 1.64 bits per heavy atom. The van der Waals surface area contributed by atoms with E-state index in [1.165, 1.54) is 25.7 Å². The van der Waals surface area contributed by atoms with E-state index in [0.717, 1.165) is 18.9 Å². The first-order chi connectivity index (χ1) is 10.8. The molecule has 0 spiro atoms. The molecule has 5 nitrogen and oxygen atoms in total. The predicted octanol–water partition coefficient (Wildman–Crippen LogP) is 2.65. The van der Waals surface area contributed by atoms with Crippen molar-refractivity contribution in [2.75, 3.05) is 59.5 Å². The van der Waals surface area contributed by atoms with E-state index in [1.807, 2.05) is 0 Å². The predicted molar refractivity (Wildman–Crippen MR) is 88.3 cm³/mol. The van der Waals surface area contributed by atoms with Crippen LogP contribution in [0.3, 0.4) is 0 Å². The Labute approximate surface area is 136 Å². The van der Waals surface area contributed by atoms with Gasteiger partial charge in [-0.1, -0.05) is 33.1 Å². The summed E-state index contributed by atoms with van der Waals surface area (Å²) in [4.78, 5) is 0. The monoisotopic (exact) mass is 320 g/mol. The SMILES string of the molecule is CCCCC(C)CCCOCCOCCOCCOCCO.